The van der Waals surface area contributed by atoms with Crippen LogP contribution in [0.2, 0.25) is 0 Å². The predicted octanol–water partition coefficient (Wildman–Crippen LogP) is 4.30. The molecule has 2 aromatic heterocycles. The summed E-state index contributed by atoms with van der Waals surface area (Å²) >= 11 is 0. The van der Waals surface area contributed by atoms with Crippen molar-refractivity contribution in [1.29, 1.82) is 0 Å². The maximum Gasteiger partial charge on any atom is 0.417 e. The predicted molar refractivity (Wildman–Crippen MR) is 103 cm³/mol. The quantitative estimate of drug-likeness (QED) is 0.523. The summed E-state index contributed by atoms with van der Waals surface area (Å²) in [5, 5.41) is 7.82. The largest absolute Gasteiger partial charge is 0.417 e. The van der Waals surface area contributed by atoms with Gasteiger partial charge in [-0.05, 0) is 43.2 Å². The number of amides is 1. The van der Waals surface area contributed by atoms with E-state index in [1.807, 2.05) is 0 Å². The van der Waals surface area contributed by atoms with Gasteiger partial charge in [0.1, 0.15) is 5.82 Å². The topological polar surface area (TPSA) is 63.9 Å². The number of pyridine rings is 1. The molecule has 1 aliphatic heterocycles. The Hall–Kier alpha value is -3.44. The molecule has 1 fully saturated rings. The van der Waals surface area contributed by atoms with Crippen LogP contribution >= 0.6 is 0 Å². The van der Waals surface area contributed by atoms with Crippen LogP contribution < -0.4 is 0 Å². The zero-order valence-corrected chi connectivity index (χ0v) is 16.9. The summed E-state index contributed by atoms with van der Waals surface area (Å²) in [6.45, 7) is -0.264. The van der Waals surface area contributed by atoms with Crippen molar-refractivity contribution in [3.8, 4) is 5.69 Å². The second-order valence-corrected chi connectivity index (χ2v) is 7.58. The number of halogens is 6. The van der Waals surface area contributed by atoms with Crippen LogP contribution in [0.15, 0.2) is 48.9 Å². The number of hydrogen-bond acceptors (Lipinski definition) is 4. The first kappa shape index (κ1) is 22.7. The molecule has 0 spiro atoms. The fourth-order valence-corrected chi connectivity index (χ4v) is 3.80. The van der Waals surface area contributed by atoms with Crippen LogP contribution in [0.25, 0.3) is 5.69 Å². The summed E-state index contributed by atoms with van der Waals surface area (Å²) in [5.74, 6) is -4.77. The van der Waals surface area contributed by atoms with Crippen LogP contribution in [0, 0.1) is 5.82 Å². The van der Waals surface area contributed by atoms with Crippen molar-refractivity contribution in [2.45, 2.75) is 37.4 Å². The molecule has 4 rings (SSSR count). The minimum atomic E-state index is -4.56. The van der Waals surface area contributed by atoms with E-state index >= 15 is 0 Å². The SMILES string of the molecule is O=C(c1cc(F)ccc1-n1nccn1)N1CCC(F)(F)[C@H]1CCc1ccc(C(F)(F)F)cn1. The van der Waals surface area contributed by atoms with Gasteiger partial charge in [0, 0.05) is 24.9 Å². The fourth-order valence-electron chi connectivity index (χ4n) is 3.80. The zero-order chi connectivity index (χ0) is 23.8. The molecule has 12 heteroatoms. The molecule has 1 aromatic carbocycles. The highest BCUT2D eigenvalue weighted by Gasteiger charge is 2.50. The van der Waals surface area contributed by atoms with Gasteiger partial charge in [-0.15, -0.1) is 0 Å². The molecule has 1 saturated heterocycles. The highest BCUT2D eigenvalue weighted by Crippen LogP contribution is 2.38. The fraction of sp³-hybridized carbons (Fsp3) is 0.333. The summed E-state index contributed by atoms with van der Waals surface area (Å²) in [5.41, 5.74) is -0.809. The second-order valence-electron chi connectivity index (χ2n) is 7.58. The van der Waals surface area contributed by atoms with E-state index in [2.05, 4.69) is 15.2 Å². The Labute approximate surface area is 183 Å². The summed E-state index contributed by atoms with van der Waals surface area (Å²) in [6.07, 6.45) is -2.11. The van der Waals surface area contributed by atoms with Crippen molar-refractivity contribution in [3.63, 3.8) is 0 Å². The lowest BCUT2D eigenvalue weighted by atomic mass is 10.0. The molecule has 6 nitrogen and oxygen atoms in total. The van der Waals surface area contributed by atoms with Gasteiger partial charge in [-0.25, -0.2) is 13.2 Å². The number of carbonyl (C=O) groups is 1. The summed E-state index contributed by atoms with van der Waals surface area (Å²) in [4.78, 5) is 18.9. The molecule has 33 heavy (non-hydrogen) atoms. The van der Waals surface area contributed by atoms with Crippen molar-refractivity contribution < 1.29 is 31.1 Å². The van der Waals surface area contributed by atoms with Crippen molar-refractivity contribution in [2.24, 2.45) is 0 Å². The van der Waals surface area contributed by atoms with E-state index in [1.54, 1.807) is 0 Å². The van der Waals surface area contributed by atoms with Gasteiger partial charge in [0.05, 0.1) is 35.2 Å². The van der Waals surface area contributed by atoms with Crippen LogP contribution in [-0.4, -0.2) is 49.3 Å². The lowest BCUT2D eigenvalue weighted by Gasteiger charge is -2.28. The minimum Gasteiger partial charge on any atom is -0.329 e. The Kier molecular flexibility index (Phi) is 5.85. The number of hydrogen-bond donors (Lipinski definition) is 0. The van der Waals surface area contributed by atoms with E-state index in [0.29, 0.717) is 6.20 Å². The summed E-state index contributed by atoms with van der Waals surface area (Å²) in [6, 6.07) is 3.73. The van der Waals surface area contributed by atoms with Gasteiger partial charge in [-0.1, -0.05) is 0 Å². The minimum absolute atomic E-state index is 0.0705. The number of aryl methyl sites for hydroxylation is 1. The molecule has 3 aromatic rings. The number of aromatic nitrogens is 4. The van der Waals surface area contributed by atoms with Gasteiger partial charge in [-0.2, -0.15) is 28.2 Å². The Balaban J connectivity index is 1.57. The van der Waals surface area contributed by atoms with Crippen molar-refractivity contribution in [1.82, 2.24) is 24.9 Å². The van der Waals surface area contributed by atoms with E-state index < -0.39 is 41.8 Å². The van der Waals surface area contributed by atoms with Crippen molar-refractivity contribution in [3.05, 3.63) is 71.6 Å². The van der Waals surface area contributed by atoms with E-state index in [0.717, 1.165) is 34.0 Å². The maximum absolute atomic E-state index is 14.6. The Morgan fingerprint density at radius 2 is 1.85 bits per heavy atom. The van der Waals surface area contributed by atoms with Crippen molar-refractivity contribution >= 4 is 5.91 Å². The molecule has 0 N–H and O–H groups in total. The van der Waals surface area contributed by atoms with Crippen LogP contribution in [0.1, 0.15) is 34.5 Å². The first-order valence-corrected chi connectivity index (χ1v) is 9.93. The van der Waals surface area contributed by atoms with Crippen LogP contribution in [-0.2, 0) is 12.6 Å². The standard InChI is InChI=1S/C21H17F6N5O/c22-14-2-5-17(32-29-8-9-30-32)16(11-14)19(33)31-10-7-20(23,24)18(31)6-4-15-3-1-13(12-28-15)21(25,26)27/h1-3,5,8-9,11-12,18H,4,6-7,10H2/t18-/m1/s1. The molecule has 0 aliphatic carbocycles. The summed E-state index contributed by atoms with van der Waals surface area (Å²) in [7, 11) is 0. The third kappa shape index (κ3) is 4.69. The van der Waals surface area contributed by atoms with E-state index in [1.165, 1.54) is 18.5 Å². The van der Waals surface area contributed by atoms with Crippen LogP contribution in [0.5, 0.6) is 0 Å². The lowest BCUT2D eigenvalue weighted by molar-refractivity contribution is -0.137. The molecular formula is C21H17F6N5O. The second kappa shape index (κ2) is 8.49. The smallest absolute Gasteiger partial charge is 0.329 e. The number of benzene rings is 1. The third-order valence-electron chi connectivity index (χ3n) is 5.46. The highest BCUT2D eigenvalue weighted by molar-refractivity contribution is 5.98. The van der Waals surface area contributed by atoms with Gasteiger partial charge in [0.15, 0.2) is 0 Å². The van der Waals surface area contributed by atoms with Crippen LogP contribution in [0.3, 0.4) is 0 Å². The average molecular weight is 469 g/mol. The van der Waals surface area contributed by atoms with E-state index in [4.69, 9.17) is 0 Å². The Morgan fingerprint density at radius 1 is 1.12 bits per heavy atom. The molecule has 3 heterocycles. The number of carbonyl (C=O) groups excluding carboxylic acids is 1. The molecular weight excluding hydrogens is 452 g/mol. The van der Waals surface area contributed by atoms with E-state index in [9.17, 15) is 31.1 Å². The molecule has 0 unspecified atom stereocenters. The molecule has 1 amide bonds. The van der Waals surface area contributed by atoms with Gasteiger partial charge in [-0.3, -0.25) is 9.78 Å². The number of nitrogens with zero attached hydrogens (tertiary/aromatic N) is 5. The van der Waals surface area contributed by atoms with Crippen molar-refractivity contribution in [2.75, 3.05) is 6.54 Å². The molecule has 174 valence electrons. The average Bonchev–Trinajstić information content (AvgIpc) is 3.39. The number of rotatable bonds is 5. The van der Waals surface area contributed by atoms with E-state index in [-0.39, 0.29) is 36.3 Å². The molecule has 1 atom stereocenters. The van der Waals surface area contributed by atoms with Crippen LogP contribution in [0.4, 0.5) is 26.3 Å². The monoisotopic (exact) mass is 469 g/mol. The number of alkyl halides is 5. The van der Waals surface area contributed by atoms with Gasteiger partial charge >= 0.3 is 6.18 Å². The van der Waals surface area contributed by atoms with Gasteiger partial charge in [0.25, 0.3) is 11.8 Å². The Morgan fingerprint density at radius 3 is 2.48 bits per heavy atom. The molecule has 0 radical (unpaired) electrons. The lowest BCUT2D eigenvalue weighted by Crippen LogP contribution is -2.43. The maximum atomic E-state index is 14.6. The summed E-state index contributed by atoms with van der Waals surface area (Å²) < 4.78 is 81.3. The molecule has 0 bridgehead atoms. The highest BCUT2D eigenvalue weighted by atomic mass is 19.4. The number of likely N-dealkylation sites (tertiary alicyclic amines) is 1. The first-order valence-electron chi connectivity index (χ1n) is 9.93. The first-order chi connectivity index (χ1) is 15.6. The zero-order valence-electron chi connectivity index (χ0n) is 16.9. The Bertz CT molecular complexity index is 1130. The molecule has 1 aliphatic rings. The normalized spacial score (nSPS) is 18.0. The third-order valence-corrected chi connectivity index (χ3v) is 5.46. The molecule has 0 saturated carbocycles. The van der Waals surface area contributed by atoms with Gasteiger partial charge in [0.2, 0.25) is 0 Å². The van der Waals surface area contributed by atoms with Gasteiger partial charge < -0.3 is 4.90 Å².